The summed E-state index contributed by atoms with van der Waals surface area (Å²) < 4.78 is 17.8. The van der Waals surface area contributed by atoms with Crippen molar-refractivity contribution in [2.45, 2.75) is 78.2 Å². The topological polar surface area (TPSA) is 102 Å². The van der Waals surface area contributed by atoms with Crippen molar-refractivity contribution in [3.8, 4) is 0 Å². The van der Waals surface area contributed by atoms with Crippen molar-refractivity contribution in [2.75, 3.05) is 56.4 Å². The second-order valence-electron chi connectivity index (χ2n) is 7.29. The molecule has 0 spiro atoms. The average molecular weight is 457 g/mol. The number of aromatic nitrogens is 3. The second kappa shape index (κ2) is 17.1. The third kappa shape index (κ3) is 11.6. The summed E-state index contributed by atoms with van der Waals surface area (Å²) in [5, 5.41) is 9.18. The summed E-state index contributed by atoms with van der Waals surface area (Å²) in [4.78, 5) is 12.8. The Bertz CT molecular complexity index is 543. The van der Waals surface area contributed by atoms with Crippen molar-refractivity contribution in [3.63, 3.8) is 0 Å². The number of rotatable bonds is 20. The van der Waals surface area contributed by atoms with E-state index < -0.39 is 8.80 Å². The molecule has 180 valence electrons. The van der Waals surface area contributed by atoms with Crippen LogP contribution in [-0.4, -0.2) is 64.2 Å². The lowest BCUT2D eigenvalue weighted by molar-refractivity contribution is 0.0706. The molecule has 0 aromatic carbocycles. The lowest BCUT2D eigenvalue weighted by Crippen LogP contribution is -2.45. The molecule has 0 saturated carbocycles. The van der Waals surface area contributed by atoms with Gasteiger partial charge in [-0.15, -0.1) is 0 Å². The van der Waals surface area contributed by atoms with Crippen molar-refractivity contribution in [3.05, 3.63) is 0 Å². The van der Waals surface area contributed by atoms with Crippen LogP contribution in [0.1, 0.15) is 72.1 Å². The van der Waals surface area contributed by atoms with Crippen LogP contribution in [0.25, 0.3) is 0 Å². The standard InChI is InChI=1S/C21H44N6O3Si/c1-6-28-31(29-7-2,30-8-3)18-16-14-12-10-9-11-13-15-17-24-21-26-19(22-4)25-20(23-5)27-21/h6-18H2,1-5H3,(H3,22,23,24,25,26,27). The first kappa shape index (κ1) is 27.5. The van der Waals surface area contributed by atoms with Crippen LogP contribution in [0.15, 0.2) is 0 Å². The van der Waals surface area contributed by atoms with E-state index in [1.165, 1.54) is 38.5 Å². The van der Waals surface area contributed by atoms with Gasteiger partial charge in [0.15, 0.2) is 0 Å². The predicted molar refractivity (Wildman–Crippen MR) is 130 cm³/mol. The molecular weight excluding hydrogens is 412 g/mol. The van der Waals surface area contributed by atoms with E-state index in [-0.39, 0.29) is 0 Å². The van der Waals surface area contributed by atoms with Crippen molar-refractivity contribution in [2.24, 2.45) is 0 Å². The maximum atomic E-state index is 5.92. The maximum Gasteiger partial charge on any atom is 0.500 e. The number of unbranched alkanes of at least 4 members (excludes halogenated alkanes) is 7. The van der Waals surface area contributed by atoms with Crippen molar-refractivity contribution >= 4 is 26.6 Å². The normalized spacial score (nSPS) is 11.5. The highest BCUT2D eigenvalue weighted by atomic mass is 28.4. The van der Waals surface area contributed by atoms with Crippen molar-refractivity contribution in [1.29, 1.82) is 0 Å². The number of hydrogen-bond donors (Lipinski definition) is 3. The number of nitrogens with zero attached hydrogens (tertiary/aromatic N) is 3. The van der Waals surface area contributed by atoms with E-state index >= 15 is 0 Å². The van der Waals surface area contributed by atoms with Crippen LogP contribution in [0.3, 0.4) is 0 Å². The van der Waals surface area contributed by atoms with E-state index in [0.29, 0.717) is 37.7 Å². The highest BCUT2D eigenvalue weighted by Crippen LogP contribution is 2.21. The SMILES string of the molecule is CCO[Si](CCCCCCCCCCNc1nc(NC)nc(NC)n1)(OCC)OCC. The zero-order valence-corrected chi connectivity index (χ0v) is 21.3. The minimum Gasteiger partial charge on any atom is -0.374 e. The van der Waals surface area contributed by atoms with Crippen molar-refractivity contribution < 1.29 is 13.3 Å². The Morgan fingerprint density at radius 3 is 1.48 bits per heavy atom. The summed E-state index contributed by atoms with van der Waals surface area (Å²) in [7, 11) is 1.14. The van der Waals surface area contributed by atoms with Gasteiger partial charge in [0, 0.05) is 46.5 Å². The molecular formula is C21H44N6O3Si. The van der Waals surface area contributed by atoms with E-state index in [1.54, 1.807) is 14.1 Å². The van der Waals surface area contributed by atoms with Gasteiger partial charge in [-0.05, 0) is 33.6 Å². The molecule has 3 N–H and O–H groups in total. The summed E-state index contributed by atoms with van der Waals surface area (Å²) in [6.07, 6.45) is 9.74. The van der Waals surface area contributed by atoms with Crippen LogP contribution in [0.4, 0.5) is 17.8 Å². The molecule has 0 unspecified atom stereocenters. The Morgan fingerprint density at radius 2 is 1.03 bits per heavy atom. The molecule has 0 bridgehead atoms. The Morgan fingerprint density at radius 1 is 0.613 bits per heavy atom. The summed E-state index contributed by atoms with van der Waals surface area (Å²) in [5.41, 5.74) is 0. The lowest BCUT2D eigenvalue weighted by atomic mass is 10.1. The predicted octanol–water partition coefficient (Wildman–Crippen LogP) is 4.54. The van der Waals surface area contributed by atoms with E-state index in [9.17, 15) is 0 Å². The van der Waals surface area contributed by atoms with E-state index in [0.717, 1.165) is 25.4 Å². The minimum atomic E-state index is -2.46. The van der Waals surface area contributed by atoms with Crippen molar-refractivity contribution in [1.82, 2.24) is 15.0 Å². The molecule has 0 aliphatic heterocycles. The third-order valence-corrected chi connectivity index (χ3v) is 8.02. The fourth-order valence-corrected chi connectivity index (χ4v) is 6.09. The van der Waals surface area contributed by atoms with Crippen LogP contribution in [0.5, 0.6) is 0 Å². The quantitative estimate of drug-likeness (QED) is 0.193. The van der Waals surface area contributed by atoms with Gasteiger partial charge in [-0.3, -0.25) is 0 Å². The zero-order valence-electron chi connectivity index (χ0n) is 20.3. The van der Waals surface area contributed by atoms with Gasteiger partial charge >= 0.3 is 8.80 Å². The molecule has 0 amide bonds. The molecule has 10 heteroatoms. The minimum absolute atomic E-state index is 0.561. The van der Waals surface area contributed by atoms with Gasteiger partial charge in [-0.25, -0.2) is 0 Å². The van der Waals surface area contributed by atoms with Gasteiger partial charge in [0.1, 0.15) is 0 Å². The van der Waals surface area contributed by atoms with Gasteiger partial charge in [0.05, 0.1) is 0 Å². The van der Waals surface area contributed by atoms with Crippen LogP contribution < -0.4 is 16.0 Å². The van der Waals surface area contributed by atoms with Gasteiger partial charge < -0.3 is 29.2 Å². The molecule has 1 heterocycles. The maximum absolute atomic E-state index is 5.92. The smallest absolute Gasteiger partial charge is 0.374 e. The lowest BCUT2D eigenvalue weighted by Gasteiger charge is -2.28. The Hall–Kier alpha value is -1.49. The van der Waals surface area contributed by atoms with Gasteiger partial charge in [0.25, 0.3) is 0 Å². The first-order valence-electron chi connectivity index (χ1n) is 11.9. The highest BCUT2D eigenvalue weighted by Gasteiger charge is 2.39. The largest absolute Gasteiger partial charge is 0.500 e. The fourth-order valence-electron chi connectivity index (χ4n) is 3.41. The molecule has 0 atom stereocenters. The molecule has 0 saturated heterocycles. The molecule has 0 aliphatic rings. The fraction of sp³-hybridized carbons (Fsp3) is 0.857. The average Bonchev–Trinajstić information content (AvgIpc) is 2.77. The first-order valence-corrected chi connectivity index (χ1v) is 13.8. The highest BCUT2D eigenvalue weighted by molar-refractivity contribution is 6.60. The summed E-state index contributed by atoms with van der Waals surface area (Å²) in [6, 6.07) is 0.926. The number of hydrogen-bond acceptors (Lipinski definition) is 9. The molecule has 0 fully saturated rings. The summed E-state index contributed by atoms with van der Waals surface area (Å²) in [6.45, 7) is 8.87. The molecule has 0 radical (unpaired) electrons. The molecule has 1 rings (SSSR count). The summed E-state index contributed by atoms with van der Waals surface area (Å²) in [5.74, 6) is 1.73. The van der Waals surface area contributed by atoms with Crippen LogP contribution in [0, 0.1) is 0 Å². The van der Waals surface area contributed by atoms with E-state index in [4.69, 9.17) is 13.3 Å². The Labute approximate surface area is 189 Å². The molecule has 1 aromatic rings. The molecule has 9 nitrogen and oxygen atoms in total. The van der Waals surface area contributed by atoms with Crippen LogP contribution in [0.2, 0.25) is 6.04 Å². The third-order valence-electron chi connectivity index (χ3n) is 4.87. The van der Waals surface area contributed by atoms with E-state index in [2.05, 4.69) is 30.9 Å². The molecule has 31 heavy (non-hydrogen) atoms. The van der Waals surface area contributed by atoms with Crippen LogP contribution in [-0.2, 0) is 13.3 Å². The zero-order chi connectivity index (χ0) is 22.8. The monoisotopic (exact) mass is 456 g/mol. The van der Waals surface area contributed by atoms with E-state index in [1.807, 2.05) is 20.8 Å². The van der Waals surface area contributed by atoms with Gasteiger partial charge in [-0.2, -0.15) is 15.0 Å². The second-order valence-corrected chi connectivity index (χ2v) is 10.0. The Balaban J connectivity index is 2.10. The number of nitrogens with one attached hydrogen (secondary N) is 3. The summed E-state index contributed by atoms with van der Waals surface area (Å²) >= 11 is 0. The molecule has 0 aliphatic carbocycles. The van der Waals surface area contributed by atoms with Gasteiger partial charge in [0.2, 0.25) is 17.8 Å². The van der Waals surface area contributed by atoms with Crippen LogP contribution >= 0.6 is 0 Å². The number of anilines is 3. The molecule has 1 aromatic heterocycles. The van der Waals surface area contributed by atoms with Gasteiger partial charge in [-0.1, -0.05) is 38.5 Å². The first-order chi connectivity index (χ1) is 15.1. The Kier molecular flexibility index (Phi) is 15.2.